The lowest BCUT2D eigenvalue weighted by Gasteiger charge is -2.21. The first-order valence-corrected chi connectivity index (χ1v) is 8.43. The number of fused-ring (bicyclic) bond motifs is 1. The van der Waals surface area contributed by atoms with Gasteiger partial charge in [-0.15, -0.1) is 0 Å². The normalized spacial score (nSPS) is 11.8. The van der Waals surface area contributed by atoms with E-state index < -0.39 is 12.1 Å². The number of carbonyl (C=O) groups is 2. The van der Waals surface area contributed by atoms with E-state index in [0.717, 1.165) is 0 Å². The topological polar surface area (TPSA) is 81.5 Å². The fourth-order valence-electron chi connectivity index (χ4n) is 2.69. The van der Waals surface area contributed by atoms with Gasteiger partial charge in [-0.3, -0.25) is 19.0 Å². The average molecular weight is 365 g/mol. The summed E-state index contributed by atoms with van der Waals surface area (Å²) >= 11 is 0. The third-order valence-corrected chi connectivity index (χ3v) is 4.16. The number of hydrogen-bond acceptors (Lipinski definition) is 5. The molecule has 0 radical (unpaired) electrons. The smallest absolute Gasteiger partial charge is 0.326 e. The van der Waals surface area contributed by atoms with Crippen LogP contribution in [0, 0.1) is 0 Å². The van der Waals surface area contributed by atoms with Crippen LogP contribution in [-0.2, 0) is 20.9 Å². The number of benzene rings is 2. The molecule has 0 aliphatic rings. The van der Waals surface area contributed by atoms with Gasteiger partial charge in [0.05, 0.1) is 17.2 Å². The van der Waals surface area contributed by atoms with Crippen molar-refractivity contribution in [2.24, 2.45) is 0 Å². The Morgan fingerprint density at radius 2 is 1.78 bits per heavy atom. The quantitative estimate of drug-likeness (QED) is 0.646. The van der Waals surface area contributed by atoms with Gasteiger partial charge in [0.15, 0.2) is 6.10 Å². The number of amides is 1. The van der Waals surface area contributed by atoms with E-state index in [1.165, 1.54) is 22.7 Å². The molecule has 0 spiro atoms. The maximum Gasteiger partial charge on any atom is 0.326 e. The van der Waals surface area contributed by atoms with E-state index in [4.69, 9.17) is 4.74 Å². The highest BCUT2D eigenvalue weighted by atomic mass is 16.5. The van der Waals surface area contributed by atoms with Crippen LogP contribution in [0.4, 0.5) is 5.69 Å². The lowest BCUT2D eigenvalue weighted by Crippen LogP contribution is -2.38. The monoisotopic (exact) mass is 365 g/mol. The first kappa shape index (κ1) is 18.3. The van der Waals surface area contributed by atoms with Crippen LogP contribution in [0.2, 0.25) is 0 Å². The van der Waals surface area contributed by atoms with Crippen molar-refractivity contribution >= 4 is 28.5 Å². The lowest BCUT2D eigenvalue weighted by atomic mass is 10.2. The van der Waals surface area contributed by atoms with Gasteiger partial charge in [-0.25, -0.2) is 4.98 Å². The number of anilines is 1. The molecule has 138 valence electrons. The average Bonchev–Trinajstić information content (AvgIpc) is 2.69. The Hall–Kier alpha value is -3.48. The van der Waals surface area contributed by atoms with Gasteiger partial charge in [0, 0.05) is 12.7 Å². The third kappa shape index (κ3) is 4.03. The highest BCUT2D eigenvalue weighted by Crippen LogP contribution is 2.13. The second kappa shape index (κ2) is 7.82. The molecular formula is C20H19N3O4. The molecule has 1 atom stereocenters. The summed E-state index contributed by atoms with van der Waals surface area (Å²) in [6.07, 6.45) is 0.320. The predicted molar refractivity (Wildman–Crippen MR) is 101 cm³/mol. The molecule has 3 aromatic rings. The summed E-state index contributed by atoms with van der Waals surface area (Å²) in [6, 6.07) is 15.9. The molecule has 0 aliphatic heterocycles. The third-order valence-electron chi connectivity index (χ3n) is 4.16. The number of ether oxygens (including phenoxy) is 1. The Kier molecular flexibility index (Phi) is 5.30. The Morgan fingerprint density at radius 3 is 2.52 bits per heavy atom. The molecule has 7 heteroatoms. The number of aromatic nitrogens is 2. The van der Waals surface area contributed by atoms with Crippen LogP contribution in [0.15, 0.2) is 65.7 Å². The second-order valence-corrected chi connectivity index (χ2v) is 6.06. The van der Waals surface area contributed by atoms with E-state index in [-0.39, 0.29) is 18.0 Å². The van der Waals surface area contributed by atoms with Crippen molar-refractivity contribution in [2.45, 2.75) is 19.6 Å². The molecule has 3 rings (SSSR count). The van der Waals surface area contributed by atoms with Crippen LogP contribution in [0.5, 0.6) is 0 Å². The van der Waals surface area contributed by atoms with Gasteiger partial charge in [-0.1, -0.05) is 30.3 Å². The maximum absolute atomic E-state index is 12.4. The summed E-state index contributed by atoms with van der Waals surface area (Å²) < 4.78 is 6.38. The Bertz CT molecular complexity index is 1030. The molecule has 27 heavy (non-hydrogen) atoms. The number of hydrogen-bond donors (Lipinski definition) is 0. The van der Waals surface area contributed by atoms with E-state index in [9.17, 15) is 14.4 Å². The minimum Gasteiger partial charge on any atom is -0.451 e. The predicted octanol–water partition coefficient (Wildman–Crippen LogP) is 1.99. The maximum atomic E-state index is 12.4. The molecule has 0 fully saturated rings. The zero-order chi connectivity index (χ0) is 19.4. The number of para-hydroxylation sites is 2. The fraction of sp³-hybridized carbons (Fsp3) is 0.200. The summed E-state index contributed by atoms with van der Waals surface area (Å²) in [5.74, 6) is -1.05. The number of esters is 1. The highest BCUT2D eigenvalue weighted by Gasteiger charge is 2.22. The molecule has 0 bridgehead atoms. The van der Waals surface area contributed by atoms with Crippen molar-refractivity contribution in [2.75, 3.05) is 11.9 Å². The van der Waals surface area contributed by atoms with Gasteiger partial charge >= 0.3 is 5.97 Å². The summed E-state index contributed by atoms with van der Waals surface area (Å²) in [6.45, 7) is 1.18. The van der Waals surface area contributed by atoms with E-state index in [2.05, 4.69) is 4.98 Å². The van der Waals surface area contributed by atoms with Crippen molar-refractivity contribution in [3.8, 4) is 0 Å². The molecule has 1 amide bonds. The van der Waals surface area contributed by atoms with Crippen LogP contribution in [0.1, 0.15) is 6.92 Å². The van der Waals surface area contributed by atoms with Crippen LogP contribution >= 0.6 is 0 Å². The highest BCUT2D eigenvalue weighted by molar-refractivity contribution is 5.96. The minimum absolute atomic E-state index is 0.316. The van der Waals surface area contributed by atoms with Crippen LogP contribution < -0.4 is 10.5 Å². The molecule has 0 saturated heterocycles. The number of rotatable bonds is 5. The number of nitrogens with zero attached hydrogens (tertiary/aromatic N) is 3. The molecule has 1 heterocycles. The largest absolute Gasteiger partial charge is 0.451 e. The van der Waals surface area contributed by atoms with Gasteiger partial charge in [-0.2, -0.15) is 0 Å². The molecule has 0 saturated carbocycles. The van der Waals surface area contributed by atoms with Gasteiger partial charge < -0.3 is 9.64 Å². The summed E-state index contributed by atoms with van der Waals surface area (Å²) in [5.41, 5.74) is 0.915. The summed E-state index contributed by atoms with van der Waals surface area (Å²) in [4.78, 5) is 42.6. The molecular weight excluding hydrogens is 346 g/mol. The van der Waals surface area contributed by atoms with Gasteiger partial charge in [0.2, 0.25) is 0 Å². The lowest BCUT2D eigenvalue weighted by molar-refractivity contribution is -0.154. The van der Waals surface area contributed by atoms with E-state index in [1.807, 2.05) is 18.2 Å². The number of likely N-dealkylation sites (N-methyl/N-ethyl adjacent to an activating group) is 1. The van der Waals surface area contributed by atoms with Crippen molar-refractivity contribution in [3.05, 3.63) is 71.3 Å². The van der Waals surface area contributed by atoms with Gasteiger partial charge in [0.25, 0.3) is 11.5 Å². The minimum atomic E-state index is -0.980. The molecule has 0 N–H and O–H groups in total. The van der Waals surface area contributed by atoms with Crippen molar-refractivity contribution in [3.63, 3.8) is 0 Å². The van der Waals surface area contributed by atoms with Crippen LogP contribution in [0.25, 0.3) is 10.9 Å². The van der Waals surface area contributed by atoms with Crippen LogP contribution in [-0.4, -0.2) is 34.6 Å². The Labute approximate surface area is 155 Å². The molecule has 2 aromatic carbocycles. The first-order chi connectivity index (χ1) is 13.0. The Balaban J connectivity index is 1.68. The number of carbonyl (C=O) groups excluding carboxylic acids is 2. The molecule has 1 aromatic heterocycles. The van der Waals surface area contributed by atoms with Crippen LogP contribution in [0.3, 0.4) is 0 Å². The zero-order valence-corrected chi connectivity index (χ0v) is 15.0. The summed E-state index contributed by atoms with van der Waals surface area (Å²) in [7, 11) is 1.61. The molecule has 0 aliphatic carbocycles. The van der Waals surface area contributed by atoms with E-state index in [0.29, 0.717) is 16.6 Å². The second-order valence-electron chi connectivity index (χ2n) is 6.06. The van der Waals surface area contributed by atoms with E-state index in [1.54, 1.807) is 43.4 Å². The molecule has 7 nitrogen and oxygen atoms in total. The van der Waals surface area contributed by atoms with Crippen molar-refractivity contribution in [1.82, 2.24) is 9.55 Å². The zero-order valence-electron chi connectivity index (χ0n) is 15.0. The molecule has 0 unspecified atom stereocenters. The van der Waals surface area contributed by atoms with Gasteiger partial charge in [-0.05, 0) is 31.2 Å². The van der Waals surface area contributed by atoms with E-state index >= 15 is 0 Å². The summed E-state index contributed by atoms with van der Waals surface area (Å²) in [5, 5.41) is 0.417. The fourth-order valence-corrected chi connectivity index (χ4v) is 2.69. The first-order valence-electron chi connectivity index (χ1n) is 8.43. The standard InChI is InChI=1S/C20H19N3O4/c1-14(19(25)22(2)15-8-4-3-5-9-15)27-18(24)12-23-13-21-17-11-7-6-10-16(17)20(23)26/h3-11,13-14H,12H2,1-2H3/t14-/m0/s1. The van der Waals surface area contributed by atoms with Gasteiger partial charge in [0.1, 0.15) is 6.54 Å². The Morgan fingerprint density at radius 1 is 1.11 bits per heavy atom. The van der Waals surface area contributed by atoms with Crippen molar-refractivity contribution in [1.29, 1.82) is 0 Å². The SMILES string of the molecule is C[C@H](OC(=O)Cn1cnc2ccccc2c1=O)C(=O)N(C)c1ccccc1. The van der Waals surface area contributed by atoms with Crippen molar-refractivity contribution < 1.29 is 14.3 Å².